The number of imidazole rings is 1. The molecule has 1 aromatic carbocycles. The van der Waals surface area contributed by atoms with Crippen molar-refractivity contribution in [3.8, 4) is 17.3 Å². The lowest BCUT2D eigenvalue weighted by molar-refractivity contribution is -0.175. The molecule has 0 spiro atoms. The van der Waals surface area contributed by atoms with Crippen LogP contribution in [0.2, 0.25) is 0 Å². The van der Waals surface area contributed by atoms with Gasteiger partial charge in [0.1, 0.15) is 46.5 Å². The van der Waals surface area contributed by atoms with Gasteiger partial charge in [0.15, 0.2) is 0 Å². The molecule has 6 rings (SSSR count). The molecule has 0 aliphatic carbocycles. The van der Waals surface area contributed by atoms with Crippen molar-refractivity contribution in [1.82, 2.24) is 24.3 Å². The number of nitrogen functional groups attached to an aromatic ring is 1. The highest BCUT2D eigenvalue weighted by Crippen LogP contribution is 2.36. The number of benzene rings is 1. The first kappa shape index (κ1) is 29.0. The van der Waals surface area contributed by atoms with Gasteiger partial charge >= 0.3 is 6.18 Å². The van der Waals surface area contributed by atoms with E-state index in [4.69, 9.17) is 20.2 Å². The van der Waals surface area contributed by atoms with E-state index in [1.54, 1.807) is 21.4 Å². The summed E-state index contributed by atoms with van der Waals surface area (Å²) in [5, 5.41) is 12.3. The van der Waals surface area contributed by atoms with Crippen molar-refractivity contribution in [2.75, 3.05) is 44.0 Å². The van der Waals surface area contributed by atoms with E-state index < -0.39 is 29.2 Å². The van der Waals surface area contributed by atoms with Gasteiger partial charge in [-0.05, 0) is 31.2 Å². The SMILES string of the molecule is CC1(C(=O)N2CCO[C@@H](c3nc(-c4ccc(C(=O)Nc5cc(C(F)(F)F)ccn5)cc4)c4c(N)ncc(C#N)n34)C2)COC1. The average Bonchev–Trinajstić information content (AvgIpc) is 3.41. The third-order valence-electron chi connectivity index (χ3n) is 7.58. The zero-order chi connectivity index (χ0) is 31.2. The lowest BCUT2D eigenvalue weighted by Crippen LogP contribution is -2.56. The summed E-state index contributed by atoms with van der Waals surface area (Å²) in [5.41, 5.74) is 6.27. The lowest BCUT2D eigenvalue weighted by Gasteiger charge is -2.42. The van der Waals surface area contributed by atoms with Gasteiger partial charge in [-0.3, -0.25) is 14.0 Å². The van der Waals surface area contributed by atoms with E-state index in [0.29, 0.717) is 42.4 Å². The first-order chi connectivity index (χ1) is 21.0. The number of alkyl halides is 3. The van der Waals surface area contributed by atoms with Gasteiger partial charge in [-0.15, -0.1) is 0 Å². The van der Waals surface area contributed by atoms with E-state index in [2.05, 4.69) is 21.4 Å². The summed E-state index contributed by atoms with van der Waals surface area (Å²) in [6.45, 7) is 3.39. The first-order valence-electron chi connectivity index (χ1n) is 13.5. The van der Waals surface area contributed by atoms with Crippen molar-refractivity contribution in [2.45, 2.75) is 19.2 Å². The Balaban J connectivity index is 1.31. The van der Waals surface area contributed by atoms with Gasteiger partial charge < -0.3 is 25.4 Å². The molecule has 2 amide bonds. The van der Waals surface area contributed by atoms with Crippen LogP contribution in [0.15, 0.2) is 48.8 Å². The van der Waals surface area contributed by atoms with Gasteiger partial charge in [0.05, 0.1) is 43.5 Å². The van der Waals surface area contributed by atoms with Gasteiger partial charge in [0, 0.05) is 23.9 Å². The predicted octanol–water partition coefficient (Wildman–Crippen LogP) is 3.45. The maximum absolute atomic E-state index is 13.2. The van der Waals surface area contributed by atoms with Gasteiger partial charge in [-0.1, -0.05) is 12.1 Å². The Hall–Kier alpha value is -5.07. The number of hydrogen-bond acceptors (Lipinski definition) is 9. The van der Waals surface area contributed by atoms with E-state index in [1.165, 1.54) is 18.3 Å². The van der Waals surface area contributed by atoms with Gasteiger partial charge in [0.2, 0.25) is 5.91 Å². The fourth-order valence-electron chi connectivity index (χ4n) is 5.21. The standard InChI is InChI=1S/C29H25F3N8O4/c1-28(14-43-15-28)27(42)39-8-9-44-20(13-39)25-38-22(23-24(34)36-12-19(11-33)40(23)25)16-2-4-17(5-3-16)26(41)37-21-10-18(6-7-35-21)29(30,31)32/h2-7,10,12,20H,8-9,13-15H2,1H3,(H2,34,36)(H,35,37,41)/t20-/m1/s1. The third-order valence-corrected chi connectivity index (χ3v) is 7.58. The van der Waals surface area contributed by atoms with E-state index >= 15 is 0 Å². The smallest absolute Gasteiger partial charge is 0.382 e. The number of carbonyl (C=O) groups excluding carboxylic acids is 2. The number of rotatable bonds is 5. The van der Waals surface area contributed by atoms with Crippen LogP contribution in [0, 0.1) is 16.7 Å². The summed E-state index contributed by atoms with van der Waals surface area (Å²) in [6.07, 6.45) is -2.98. The van der Waals surface area contributed by atoms with Crippen LogP contribution in [0.3, 0.4) is 0 Å². The molecule has 1 atom stereocenters. The van der Waals surface area contributed by atoms with Crippen molar-refractivity contribution < 1.29 is 32.2 Å². The maximum Gasteiger partial charge on any atom is 0.416 e. The van der Waals surface area contributed by atoms with Crippen molar-refractivity contribution in [3.63, 3.8) is 0 Å². The first-order valence-corrected chi connectivity index (χ1v) is 13.5. The molecule has 44 heavy (non-hydrogen) atoms. The molecule has 0 bridgehead atoms. The zero-order valence-corrected chi connectivity index (χ0v) is 23.3. The molecule has 4 aromatic rings. The summed E-state index contributed by atoms with van der Waals surface area (Å²) < 4.78 is 52.0. The number of nitrogens with one attached hydrogen (secondary N) is 1. The molecule has 0 radical (unpaired) electrons. The van der Waals surface area contributed by atoms with Gasteiger partial charge in [-0.25, -0.2) is 15.0 Å². The number of anilines is 2. The summed E-state index contributed by atoms with van der Waals surface area (Å²) in [7, 11) is 0. The number of morpholine rings is 1. The Morgan fingerprint density at radius 2 is 1.93 bits per heavy atom. The molecular weight excluding hydrogens is 581 g/mol. The van der Waals surface area contributed by atoms with Crippen LogP contribution in [-0.2, 0) is 20.4 Å². The van der Waals surface area contributed by atoms with Gasteiger partial charge in [0.25, 0.3) is 5.91 Å². The van der Waals surface area contributed by atoms with Crippen LogP contribution in [0.1, 0.15) is 40.5 Å². The van der Waals surface area contributed by atoms with Crippen LogP contribution in [0.25, 0.3) is 16.8 Å². The minimum Gasteiger partial charge on any atom is -0.382 e. The van der Waals surface area contributed by atoms with Crippen molar-refractivity contribution in [1.29, 1.82) is 5.26 Å². The molecule has 0 unspecified atom stereocenters. The number of nitrogens with zero attached hydrogens (tertiary/aromatic N) is 6. The number of fused-ring (bicyclic) bond motifs is 1. The molecule has 2 saturated heterocycles. The van der Waals surface area contributed by atoms with E-state index in [9.17, 15) is 28.0 Å². The average molecular weight is 607 g/mol. The van der Waals surface area contributed by atoms with Crippen LogP contribution in [-0.4, -0.2) is 69.0 Å². The number of amides is 2. The Labute approximate surface area is 248 Å². The summed E-state index contributed by atoms with van der Waals surface area (Å²) >= 11 is 0. The molecule has 3 N–H and O–H groups in total. The second kappa shape index (κ2) is 10.9. The monoisotopic (exact) mass is 606 g/mol. The van der Waals surface area contributed by atoms with Crippen molar-refractivity contribution in [3.05, 3.63) is 71.4 Å². The number of aromatic nitrogens is 4. The fraction of sp³-hybridized carbons (Fsp3) is 0.310. The Morgan fingerprint density at radius 1 is 1.18 bits per heavy atom. The summed E-state index contributed by atoms with van der Waals surface area (Å²) in [6, 6.07) is 9.78. The van der Waals surface area contributed by atoms with E-state index in [-0.39, 0.29) is 42.0 Å². The second-order valence-corrected chi connectivity index (χ2v) is 10.8. The third kappa shape index (κ3) is 5.18. The quantitative estimate of drug-likeness (QED) is 0.347. The lowest BCUT2D eigenvalue weighted by atomic mass is 9.86. The topological polar surface area (TPSA) is 161 Å². The normalized spacial score (nSPS) is 18.0. The number of carbonyl (C=O) groups is 2. The van der Waals surface area contributed by atoms with Crippen LogP contribution >= 0.6 is 0 Å². The summed E-state index contributed by atoms with van der Waals surface area (Å²) in [4.78, 5) is 40.5. The fourth-order valence-corrected chi connectivity index (χ4v) is 5.21. The Morgan fingerprint density at radius 3 is 2.59 bits per heavy atom. The number of nitriles is 1. The van der Waals surface area contributed by atoms with Crippen LogP contribution < -0.4 is 11.1 Å². The summed E-state index contributed by atoms with van der Waals surface area (Å²) in [5.74, 6) is -0.518. The molecule has 226 valence electrons. The van der Waals surface area contributed by atoms with Crippen molar-refractivity contribution in [2.24, 2.45) is 5.41 Å². The van der Waals surface area contributed by atoms with E-state index in [1.807, 2.05) is 6.92 Å². The Bertz CT molecular complexity index is 1810. The number of nitrogens with two attached hydrogens (primary N) is 1. The Kier molecular flexibility index (Phi) is 7.18. The minimum atomic E-state index is -4.58. The molecule has 3 aromatic heterocycles. The van der Waals surface area contributed by atoms with Crippen molar-refractivity contribution >= 4 is 29.0 Å². The van der Waals surface area contributed by atoms with Gasteiger partial charge in [-0.2, -0.15) is 18.4 Å². The number of hydrogen-bond donors (Lipinski definition) is 2. The zero-order valence-electron chi connectivity index (χ0n) is 23.3. The van der Waals surface area contributed by atoms with Crippen LogP contribution in [0.5, 0.6) is 0 Å². The highest BCUT2D eigenvalue weighted by molar-refractivity contribution is 6.04. The minimum absolute atomic E-state index is 0.0472. The highest BCUT2D eigenvalue weighted by atomic mass is 19.4. The van der Waals surface area contributed by atoms with Crippen LogP contribution in [0.4, 0.5) is 24.8 Å². The highest BCUT2D eigenvalue weighted by Gasteiger charge is 2.45. The molecule has 2 aliphatic heterocycles. The molecule has 5 heterocycles. The molecule has 2 fully saturated rings. The van der Waals surface area contributed by atoms with E-state index in [0.717, 1.165) is 18.3 Å². The molecular formula is C29H25F3N8O4. The number of halogens is 3. The molecule has 0 saturated carbocycles. The molecule has 2 aliphatic rings. The molecule has 15 heteroatoms. The largest absolute Gasteiger partial charge is 0.416 e. The predicted molar refractivity (Wildman–Crippen MR) is 149 cm³/mol. The maximum atomic E-state index is 13.2. The molecule has 12 nitrogen and oxygen atoms in total. The number of ether oxygens (including phenoxy) is 2. The number of pyridine rings is 1. The second-order valence-electron chi connectivity index (χ2n) is 10.8.